The molecule has 1 aliphatic rings. The number of anilines is 1. The molecule has 0 atom stereocenters. The van der Waals surface area contributed by atoms with Crippen molar-refractivity contribution in [3.05, 3.63) is 83.1 Å². The average Bonchev–Trinajstić information content (AvgIpc) is 3.44. The number of ether oxygens (including phenoxy) is 1. The van der Waals surface area contributed by atoms with E-state index in [0.29, 0.717) is 23.6 Å². The van der Waals surface area contributed by atoms with Crippen molar-refractivity contribution in [1.82, 2.24) is 0 Å². The number of rotatable bonds is 4. The van der Waals surface area contributed by atoms with E-state index in [4.69, 9.17) is 9.15 Å². The summed E-state index contributed by atoms with van der Waals surface area (Å²) < 4.78 is 10.5. The Balaban J connectivity index is 1.56. The molecule has 0 saturated heterocycles. The number of carbonyl (C=O) groups excluding carboxylic acids is 2. The van der Waals surface area contributed by atoms with Gasteiger partial charge in [-0.3, -0.25) is 4.79 Å². The topological polar surface area (TPSA) is 83.5 Å². The van der Waals surface area contributed by atoms with Crippen molar-refractivity contribution < 1.29 is 18.7 Å². The van der Waals surface area contributed by atoms with Crippen LogP contribution in [-0.4, -0.2) is 25.5 Å². The van der Waals surface area contributed by atoms with Crippen LogP contribution in [0.2, 0.25) is 0 Å². The first kappa shape index (κ1) is 19.2. The molecule has 0 aliphatic carbocycles. The highest BCUT2D eigenvalue weighted by Crippen LogP contribution is 2.29. The minimum absolute atomic E-state index is 0.00800. The standard InChI is InChI=1S/C24H18N2O4/c1-29-24(28)18-8-6-17(7-9-18)22-11-10-20(30-22)14-19(15-25)23(27)26-13-12-16-4-2-3-5-21(16)26/h2-11,14H,12-13H2,1H3/b19-14+. The number of furan rings is 1. The Morgan fingerprint density at radius 3 is 2.60 bits per heavy atom. The summed E-state index contributed by atoms with van der Waals surface area (Å²) in [5, 5.41) is 9.54. The molecule has 4 rings (SSSR count). The maximum absolute atomic E-state index is 12.9. The van der Waals surface area contributed by atoms with E-state index in [9.17, 15) is 14.9 Å². The largest absolute Gasteiger partial charge is 0.465 e. The molecule has 0 N–H and O–H groups in total. The maximum atomic E-state index is 12.9. The molecule has 30 heavy (non-hydrogen) atoms. The molecule has 1 aliphatic heterocycles. The molecular formula is C24H18N2O4. The van der Waals surface area contributed by atoms with E-state index in [2.05, 4.69) is 0 Å². The Morgan fingerprint density at radius 2 is 1.87 bits per heavy atom. The first-order valence-corrected chi connectivity index (χ1v) is 9.41. The molecule has 1 aromatic heterocycles. The van der Waals surface area contributed by atoms with Gasteiger partial charge in [0.25, 0.3) is 5.91 Å². The van der Waals surface area contributed by atoms with E-state index in [1.54, 1.807) is 41.3 Å². The summed E-state index contributed by atoms with van der Waals surface area (Å²) in [7, 11) is 1.33. The predicted octanol–water partition coefficient (Wildman–Crippen LogP) is 4.23. The van der Waals surface area contributed by atoms with Crippen LogP contribution in [0.4, 0.5) is 5.69 Å². The van der Waals surface area contributed by atoms with Crippen LogP contribution in [0, 0.1) is 11.3 Å². The molecular weight excluding hydrogens is 380 g/mol. The number of nitrogens with zero attached hydrogens (tertiary/aromatic N) is 2. The lowest BCUT2D eigenvalue weighted by atomic mass is 10.1. The zero-order valence-electron chi connectivity index (χ0n) is 16.3. The molecule has 2 aromatic carbocycles. The number of esters is 1. The maximum Gasteiger partial charge on any atom is 0.337 e. The fourth-order valence-electron chi connectivity index (χ4n) is 3.45. The van der Waals surface area contributed by atoms with Crippen molar-refractivity contribution in [1.29, 1.82) is 5.26 Å². The van der Waals surface area contributed by atoms with Gasteiger partial charge in [0.15, 0.2) is 0 Å². The summed E-state index contributed by atoms with van der Waals surface area (Å²) in [6.45, 7) is 0.549. The Morgan fingerprint density at radius 1 is 1.10 bits per heavy atom. The minimum Gasteiger partial charge on any atom is -0.465 e. The second kappa shape index (κ2) is 8.10. The Bertz CT molecular complexity index is 1180. The fourth-order valence-corrected chi connectivity index (χ4v) is 3.45. The number of benzene rings is 2. The molecule has 1 amide bonds. The highest BCUT2D eigenvalue weighted by atomic mass is 16.5. The molecule has 2 heterocycles. The third-order valence-corrected chi connectivity index (χ3v) is 4.99. The van der Waals surface area contributed by atoms with Crippen molar-refractivity contribution >= 4 is 23.6 Å². The molecule has 0 radical (unpaired) electrons. The van der Waals surface area contributed by atoms with Crippen LogP contribution in [0.3, 0.4) is 0 Å². The lowest BCUT2D eigenvalue weighted by molar-refractivity contribution is -0.114. The minimum atomic E-state index is -0.412. The number of methoxy groups -OCH3 is 1. The van der Waals surface area contributed by atoms with E-state index in [1.165, 1.54) is 13.2 Å². The van der Waals surface area contributed by atoms with Crippen LogP contribution in [0.5, 0.6) is 0 Å². The first-order chi connectivity index (χ1) is 14.6. The Hall–Kier alpha value is -4.11. The number of hydrogen-bond acceptors (Lipinski definition) is 5. The van der Waals surface area contributed by atoms with Crippen LogP contribution in [0.1, 0.15) is 21.7 Å². The summed E-state index contributed by atoms with van der Waals surface area (Å²) in [5.74, 6) is 0.210. The monoisotopic (exact) mass is 398 g/mol. The van der Waals surface area contributed by atoms with Gasteiger partial charge in [-0.25, -0.2) is 4.79 Å². The molecule has 6 heteroatoms. The SMILES string of the molecule is COC(=O)c1ccc(-c2ccc(/C=C(\C#N)C(=O)N3CCc4ccccc43)o2)cc1. The van der Waals surface area contributed by atoms with Gasteiger partial charge in [-0.05, 0) is 42.3 Å². The molecule has 6 nitrogen and oxygen atoms in total. The van der Waals surface area contributed by atoms with E-state index < -0.39 is 5.97 Å². The quantitative estimate of drug-likeness (QED) is 0.373. The normalized spacial score (nSPS) is 12.9. The number of nitriles is 1. The molecule has 0 fully saturated rings. The predicted molar refractivity (Wildman–Crippen MR) is 112 cm³/mol. The van der Waals surface area contributed by atoms with E-state index in [-0.39, 0.29) is 11.5 Å². The van der Waals surface area contributed by atoms with Gasteiger partial charge in [0.2, 0.25) is 0 Å². The van der Waals surface area contributed by atoms with Crippen molar-refractivity contribution in [2.45, 2.75) is 6.42 Å². The first-order valence-electron chi connectivity index (χ1n) is 9.41. The van der Waals surface area contributed by atoms with E-state index in [1.807, 2.05) is 30.3 Å². The van der Waals surface area contributed by atoms with E-state index >= 15 is 0 Å². The van der Waals surface area contributed by atoms with Gasteiger partial charge in [0.1, 0.15) is 23.2 Å². The highest BCUT2D eigenvalue weighted by molar-refractivity contribution is 6.11. The van der Waals surface area contributed by atoms with Crippen molar-refractivity contribution in [2.24, 2.45) is 0 Å². The summed E-state index contributed by atoms with van der Waals surface area (Å²) >= 11 is 0. The van der Waals surface area contributed by atoms with Crippen molar-refractivity contribution in [3.8, 4) is 17.4 Å². The molecule has 0 spiro atoms. The third-order valence-electron chi connectivity index (χ3n) is 4.99. The number of fused-ring (bicyclic) bond motifs is 1. The van der Waals surface area contributed by atoms with Crippen molar-refractivity contribution in [2.75, 3.05) is 18.6 Å². The molecule has 0 bridgehead atoms. The summed E-state index contributed by atoms with van der Waals surface area (Å²) in [5.41, 5.74) is 3.15. The van der Waals surface area contributed by atoms with Crippen LogP contribution < -0.4 is 4.90 Å². The Labute approximate surface area is 173 Å². The lowest BCUT2D eigenvalue weighted by Crippen LogP contribution is -2.29. The second-order valence-electron chi connectivity index (χ2n) is 6.78. The van der Waals surface area contributed by atoms with Gasteiger partial charge in [-0.1, -0.05) is 30.3 Å². The highest BCUT2D eigenvalue weighted by Gasteiger charge is 2.26. The molecule has 148 valence electrons. The van der Waals surface area contributed by atoms with Gasteiger partial charge in [-0.2, -0.15) is 5.26 Å². The third kappa shape index (κ3) is 3.61. The van der Waals surface area contributed by atoms with Gasteiger partial charge in [0.05, 0.1) is 12.7 Å². The lowest BCUT2D eigenvalue weighted by Gasteiger charge is -2.16. The summed E-state index contributed by atoms with van der Waals surface area (Å²) in [6, 6.07) is 19.9. The summed E-state index contributed by atoms with van der Waals surface area (Å²) in [6.07, 6.45) is 2.22. The van der Waals surface area contributed by atoms with Gasteiger partial charge >= 0.3 is 5.97 Å². The van der Waals surface area contributed by atoms with Gasteiger partial charge < -0.3 is 14.1 Å². The number of carbonyl (C=O) groups is 2. The fraction of sp³-hybridized carbons (Fsp3) is 0.125. The molecule has 3 aromatic rings. The van der Waals surface area contributed by atoms with Crippen LogP contribution in [0.25, 0.3) is 17.4 Å². The van der Waals surface area contributed by atoms with Crippen LogP contribution in [0.15, 0.2) is 70.7 Å². The van der Waals surface area contributed by atoms with Crippen LogP contribution in [-0.2, 0) is 16.0 Å². The zero-order valence-corrected chi connectivity index (χ0v) is 16.3. The van der Waals surface area contributed by atoms with Gasteiger partial charge in [-0.15, -0.1) is 0 Å². The van der Waals surface area contributed by atoms with Crippen LogP contribution >= 0.6 is 0 Å². The second-order valence-corrected chi connectivity index (χ2v) is 6.78. The number of para-hydroxylation sites is 1. The Kier molecular flexibility index (Phi) is 5.19. The number of amides is 1. The summed E-state index contributed by atoms with van der Waals surface area (Å²) in [4.78, 5) is 26.1. The zero-order chi connectivity index (χ0) is 21.1. The van der Waals surface area contributed by atoms with Crippen molar-refractivity contribution in [3.63, 3.8) is 0 Å². The average molecular weight is 398 g/mol. The van der Waals surface area contributed by atoms with Gasteiger partial charge in [0, 0.05) is 23.9 Å². The molecule has 0 unspecified atom stereocenters. The number of hydrogen-bond donors (Lipinski definition) is 0. The molecule has 0 saturated carbocycles. The van der Waals surface area contributed by atoms with E-state index in [0.717, 1.165) is 23.2 Å². The smallest absolute Gasteiger partial charge is 0.337 e.